The third-order valence-electron chi connectivity index (χ3n) is 6.98. The highest BCUT2D eigenvalue weighted by atomic mass is 15.4. The van der Waals surface area contributed by atoms with E-state index >= 15 is 0 Å². The van der Waals surface area contributed by atoms with E-state index in [0.29, 0.717) is 0 Å². The van der Waals surface area contributed by atoms with Crippen LogP contribution in [0.3, 0.4) is 0 Å². The lowest BCUT2D eigenvalue weighted by atomic mass is 9.94. The summed E-state index contributed by atoms with van der Waals surface area (Å²) in [7, 11) is 0. The third-order valence-corrected chi connectivity index (χ3v) is 6.98. The summed E-state index contributed by atoms with van der Waals surface area (Å²) in [4.78, 5) is 10.3. The molecular formula is C25H28N6. The molecule has 2 aromatic carbocycles. The summed E-state index contributed by atoms with van der Waals surface area (Å²) in [6.07, 6.45) is 6.94. The van der Waals surface area contributed by atoms with Crippen molar-refractivity contribution in [3.8, 4) is 11.3 Å². The first-order valence-electron chi connectivity index (χ1n) is 11.6. The molecule has 2 aromatic heterocycles. The number of para-hydroxylation sites is 1. The number of nitrogens with zero attached hydrogens (tertiary/aromatic N) is 6. The van der Waals surface area contributed by atoms with Crippen LogP contribution in [0, 0.1) is 0 Å². The van der Waals surface area contributed by atoms with Gasteiger partial charge in [0.2, 0.25) is 0 Å². The summed E-state index contributed by atoms with van der Waals surface area (Å²) in [5.41, 5.74) is 3.78. The second-order valence-electron chi connectivity index (χ2n) is 8.81. The van der Waals surface area contributed by atoms with Crippen molar-refractivity contribution in [1.29, 1.82) is 0 Å². The normalized spacial score (nSPS) is 18.8. The zero-order valence-corrected chi connectivity index (χ0v) is 17.8. The molecule has 0 radical (unpaired) electrons. The fourth-order valence-electron chi connectivity index (χ4n) is 5.32. The van der Waals surface area contributed by atoms with E-state index in [1.165, 1.54) is 32.1 Å². The Morgan fingerprint density at radius 3 is 2.32 bits per heavy atom. The summed E-state index contributed by atoms with van der Waals surface area (Å²) in [5.74, 6) is 1.06. The first-order valence-corrected chi connectivity index (χ1v) is 11.6. The van der Waals surface area contributed by atoms with Gasteiger partial charge in [0.25, 0.3) is 0 Å². The van der Waals surface area contributed by atoms with Crippen LogP contribution in [-0.2, 0) is 0 Å². The Balaban J connectivity index is 1.38. The van der Waals surface area contributed by atoms with Crippen LogP contribution in [-0.4, -0.2) is 56.9 Å². The molecule has 1 aliphatic carbocycles. The maximum absolute atomic E-state index is 5.15. The molecule has 1 aliphatic heterocycles. The van der Waals surface area contributed by atoms with Crippen molar-refractivity contribution < 1.29 is 0 Å². The zero-order chi connectivity index (χ0) is 20.6. The van der Waals surface area contributed by atoms with Crippen molar-refractivity contribution in [2.75, 3.05) is 31.1 Å². The van der Waals surface area contributed by atoms with E-state index in [9.17, 15) is 0 Å². The van der Waals surface area contributed by atoms with Gasteiger partial charge in [0.05, 0.1) is 5.52 Å². The maximum atomic E-state index is 5.15. The summed E-state index contributed by atoms with van der Waals surface area (Å²) in [6, 6.07) is 19.5. The van der Waals surface area contributed by atoms with Crippen LogP contribution in [0.25, 0.3) is 27.8 Å². The van der Waals surface area contributed by atoms with Crippen LogP contribution < -0.4 is 4.90 Å². The van der Waals surface area contributed by atoms with Gasteiger partial charge in [-0.1, -0.05) is 66.9 Å². The van der Waals surface area contributed by atoms with Crippen molar-refractivity contribution in [3.63, 3.8) is 0 Å². The van der Waals surface area contributed by atoms with Crippen molar-refractivity contribution in [2.24, 2.45) is 0 Å². The molecular weight excluding hydrogens is 384 g/mol. The minimum Gasteiger partial charge on any atom is -0.353 e. The quantitative estimate of drug-likeness (QED) is 0.499. The lowest BCUT2D eigenvalue weighted by molar-refractivity contribution is 0.148. The van der Waals surface area contributed by atoms with E-state index in [1.54, 1.807) is 0 Å². The van der Waals surface area contributed by atoms with Crippen LogP contribution in [0.1, 0.15) is 32.1 Å². The van der Waals surface area contributed by atoms with Gasteiger partial charge in [-0.05, 0) is 25.0 Å². The van der Waals surface area contributed by atoms with Crippen LogP contribution >= 0.6 is 0 Å². The molecule has 0 amide bonds. The zero-order valence-electron chi connectivity index (χ0n) is 17.8. The van der Waals surface area contributed by atoms with Crippen molar-refractivity contribution in [3.05, 3.63) is 54.6 Å². The van der Waals surface area contributed by atoms with E-state index < -0.39 is 0 Å². The molecule has 0 unspecified atom stereocenters. The standard InChI is InChI=1S/C25H28N6/c1-3-9-19(10-4-1)23-25-26-24(21-13-7-8-14-22(21)31(25)28-27-23)30-17-15-29(16-18-30)20-11-5-2-6-12-20/h1,3-4,7-10,13-14,20H,2,5-6,11-12,15-18H2. The van der Waals surface area contributed by atoms with E-state index in [-0.39, 0.29) is 0 Å². The van der Waals surface area contributed by atoms with Crippen LogP contribution in [0.4, 0.5) is 5.82 Å². The van der Waals surface area contributed by atoms with Gasteiger partial charge in [-0.15, -0.1) is 5.10 Å². The monoisotopic (exact) mass is 412 g/mol. The summed E-state index contributed by atoms with van der Waals surface area (Å²) in [5, 5.41) is 10.1. The SMILES string of the molecule is c1ccc(-c2nnn3c2nc(N2CCN(C4CCCCC4)CC2)c2ccccc23)cc1. The molecule has 1 saturated carbocycles. The number of piperazine rings is 1. The number of hydrogen-bond donors (Lipinski definition) is 0. The van der Waals surface area contributed by atoms with Crippen LogP contribution in [0.5, 0.6) is 0 Å². The summed E-state index contributed by atoms with van der Waals surface area (Å²) >= 11 is 0. The van der Waals surface area contributed by atoms with Gasteiger partial charge in [-0.3, -0.25) is 4.90 Å². The molecule has 2 aliphatic rings. The number of benzene rings is 2. The number of hydrogen-bond acceptors (Lipinski definition) is 5. The van der Waals surface area contributed by atoms with Gasteiger partial charge in [0.1, 0.15) is 11.5 Å². The summed E-state index contributed by atoms with van der Waals surface area (Å²) in [6.45, 7) is 4.28. The summed E-state index contributed by atoms with van der Waals surface area (Å²) < 4.78 is 1.89. The average molecular weight is 413 g/mol. The molecule has 1 saturated heterocycles. The topological polar surface area (TPSA) is 49.6 Å². The second-order valence-corrected chi connectivity index (χ2v) is 8.81. The molecule has 2 fully saturated rings. The van der Waals surface area contributed by atoms with Crippen LogP contribution in [0.15, 0.2) is 54.6 Å². The molecule has 6 rings (SSSR count). The maximum Gasteiger partial charge on any atom is 0.186 e. The molecule has 0 atom stereocenters. The minimum atomic E-state index is 0.784. The highest BCUT2D eigenvalue weighted by Crippen LogP contribution is 2.31. The van der Waals surface area contributed by atoms with Crippen molar-refractivity contribution in [2.45, 2.75) is 38.1 Å². The second kappa shape index (κ2) is 7.93. The van der Waals surface area contributed by atoms with Gasteiger partial charge in [-0.25, -0.2) is 4.98 Å². The molecule has 3 heterocycles. The fraction of sp³-hybridized carbons (Fsp3) is 0.400. The largest absolute Gasteiger partial charge is 0.353 e. The molecule has 31 heavy (non-hydrogen) atoms. The Bertz CT molecular complexity index is 1190. The first-order chi connectivity index (χ1) is 15.4. The predicted octanol–water partition coefficient (Wildman–Crippen LogP) is 4.40. The number of aromatic nitrogens is 4. The lowest BCUT2D eigenvalue weighted by Crippen LogP contribution is -2.51. The third kappa shape index (κ3) is 3.35. The van der Waals surface area contributed by atoms with Gasteiger partial charge < -0.3 is 4.90 Å². The smallest absolute Gasteiger partial charge is 0.186 e. The Hall–Kier alpha value is -2.99. The fourth-order valence-corrected chi connectivity index (χ4v) is 5.32. The Labute approximate surface area is 182 Å². The molecule has 6 heteroatoms. The molecule has 0 bridgehead atoms. The minimum absolute atomic E-state index is 0.784. The number of fused-ring (bicyclic) bond motifs is 3. The number of rotatable bonds is 3. The predicted molar refractivity (Wildman–Crippen MR) is 124 cm³/mol. The highest BCUT2D eigenvalue weighted by Gasteiger charge is 2.27. The van der Waals surface area contributed by atoms with E-state index in [0.717, 1.165) is 65.8 Å². The molecule has 0 N–H and O–H groups in total. The Morgan fingerprint density at radius 1 is 0.774 bits per heavy atom. The average Bonchev–Trinajstić information content (AvgIpc) is 3.29. The van der Waals surface area contributed by atoms with E-state index in [2.05, 4.69) is 56.5 Å². The van der Waals surface area contributed by atoms with Crippen molar-refractivity contribution in [1.82, 2.24) is 24.7 Å². The first kappa shape index (κ1) is 18.8. The molecule has 158 valence electrons. The van der Waals surface area contributed by atoms with Crippen molar-refractivity contribution >= 4 is 22.4 Å². The van der Waals surface area contributed by atoms with Gasteiger partial charge in [0, 0.05) is 43.2 Å². The highest BCUT2D eigenvalue weighted by molar-refractivity contribution is 5.93. The number of anilines is 1. The van der Waals surface area contributed by atoms with Gasteiger partial charge in [0.15, 0.2) is 5.65 Å². The van der Waals surface area contributed by atoms with E-state index in [1.807, 2.05) is 22.7 Å². The molecule has 4 aromatic rings. The molecule has 6 nitrogen and oxygen atoms in total. The Kier molecular flexibility index (Phi) is 4.80. The van der Waals surface area contributed by atoms with Gasteiger partial charge in [-0.2, -0.15) is 4.52 Å². The molecule has 0 spiro atoms. The van der Waals surface area contributed by atoms with E-state index in [4.69, 9.17) is 4.98 Å². The Morgan fingerprint density at radius 2 is 1.52 bits per heavy atom. The lowest BCUT2D eigenvalue weighted by Gasteiger charge is -2.41. The van der Waals surface area contributed by atoms with Gasteiger partial charge >= 0.3 is 0 Å². The van der Waals surface area contributed by atoms with Crippen LogP contribution in [0.2, 0.25) is 0 Å².